The number of benzene rings is 4. The number of nitrogens with one attached hydrogen (secondary N) is 4. The van der Waals surface area contributed by atoms with Crippen LogP contribution in [0.25, 0.3) is 0 Å². The second-order valence-electron chi connectivity index (χ2n) is 29.2. The predicted octanol–water partition coefficient (Wildman–Crippen LogP) is 7.66. The molecule has 4 fully saturated rings. The highest BCUT2D eigenvalue weighted by molar-refractivity contribution is 7.90. The fraction of sp³-hybridized carbons (Fsp3) is 0.325. The molecule has 4 aliphatic rings. The van der Waals surface area contributed by atoms with Crippen LogP contribution in [0.3, 0.4) is 0 Å². The van der Waals surface area contributed by atoms with Crippen LogP contribution in [0.1, 0.15) is 112 Å². The van der Waals surface area contributed by atoms with Crippen LogP contribution in [0.4, 0.5) is 45.2 Å². The first-order valence-corrected chi connectivity index (χ1v) is 47.1. The number of carbonyl (C=O) groups is 8. The van der Waals surface area contributed by atoms with E-state index in [4.69, 9.17) is 68.0 Å². The molecule has 8 aromatic rings. The minimum Gasteiger partial charge on any atom is -0.480 e. The smallest absolute Gasteiger partial charge is 0.416 e. The number of carboxylic acids is 1. The van der Waals surface area contributed by atoms with Gasteiger partial charge in [0.25, 0.3) is 0 Å². The number of esters is 3. The van der Waals surface area contributed by atoms with Crippen molar-refractivity contribution >= 4 is 146 Å². The molecule has 5 N–H and O–H groups in total. The molecule has 714 valence electrons. The molecule has 4 amide bonds. The Morgan fingerprint density at radius 2 is 0.689 bits per heavy atom. The van der Waals surface area contributed by atoms with Crippen molar-refractivity contribution in [1.29, 1.82) is 21.0 Å². The fourth-order valence-corrected chi connectivity index (χ4v) is 18.3. The van der Waals surface area contributed by atoms with Crippen molar-refractivity contribution in [2.24, 2.45) is 23.7 Å². The molecule has 0 atom stereocenters. The van der Waals surface area contributed by atoms with E-state index in [1.165, 1.54) is 64.8 Å². The SMILES string of the molecule is CCOC(=O)c1cc(C#N)c(N2CC(C(=O)NS(=O)(=O)Cc3ccc(C(F)(F)F)cc3)C2)nc1OC.CCOC(=O)c1cc(C#N)c(N2CC(C(=O)NS(=O)(=O)Cc3ccc(Cl)cc3Cl)C2)nc1OC.CCOC(=O)c1cc(C#N)c(N2CC(C(=O)NS(=O)(=O)Cc3ccc(F)c(F)c3)C2)nc1OC.COc1nc(N2CC(C(=O)NS(=O)(=O)Cc3ccc(Cl)cc3)C2)c(C#N)cc1C(=O)O. The first-order chi connectivity index (χ1) is 63.7. The van der Waals surface area contributed by atoms with E-state index >= 15 is 0 Å². The summed E-state index contributed by atoms with van der Waals surface area (Å²) in [5.41, 5.74) is -0.210. The molecule has 8 heterocycles. The number of carboxylic acid groups (broad SMARTS) is 1. The van der Waals surface area contributed by atoms with Gasteiger partial charge in [0.1, 0.15) is 46.5 Å². The van der Waals surface area contributed by atoms with Gasteiger partial charge in [-0.1, -0.05) is 71.2 Å². The summed E-state index contributed by atoms with van der Waals surface area (Å²) in [4.78, 5) is 120. The highest BCUT2D eigenvalue weighted by atomic mass is 35.5. The first kappa shape index (κ1) is 105. The second kappa shape index (κ2) is 45.1. The van der Waals surface area contributed by atoms with E-state index in [1.54, 1.807) is 64.6 Å². The van der Waals surface area contributed by atoms with Crippen molar-refractivity contribution in [2.75, 3.05) is 120 Å². The minimum atomic E-state index is -4.55. The number of hydrogen-bond donors (Lipinski definition) is 5. The van der Waals surface area contributed by atoms with Gasteiger partial charge in [0.2, 0.25) is 87.2 Å². The molecular formula is C83H78Cl3F5N16O24S4. The van der Waals surface area contributed by atoms with Crippen LogP contribution in [0, 0.1) is 80.6 Å². The van der Waals surface area contributed by atoms with E-state index in [2.05, 4.69) is 29.4 Å². The van der Waals surface area contributed by atoms with Gasteiger partial charge in [-0.05, 0) is 116 Å². The number of alkyl halides is 3. The Balaban J connectivity index is 0.000000202. The number of sulfonamides is 4. The molecule has 0 spiro atoms. The van der Waals surface area contributed by atoms with Crippen LogP contribution in [0.15, 0.2) is 109 Å². The zero-order chi connectivity index (χ0) is 99.5. The van der Waals surface area contributed by atoms with Gasteiger partial charge in [-0.25, -0.2) is 61.6 Å². The quantitative estimate of drug-likeness (QED) is 0.0158. The van der Waals surface area contributed by atoms with Gasteiger partial charge >= 0.3 is 30.1 Å². The van der Waals surface area contributed by atoms with E-state index in [0.29, 0.717) is 21.2 Å². The molecule has 4 aromatic heterocycles. The maximum absolute atomic E-state index is 13.3. The molecule has 4 aromatic carbocycles. The molecule has 0 radical (unpaired) electrons. The van der Waals surface area contributed by atoms with Crippen molar-refractivity contribution in [2.45, 2.75) is 50.0 Å². The van der Waals surface area contributed by atoms with E-state index in [0.717, 1.165) is 48.5 Å². The fourth-order valence-electron chi connectivity index (χ4n) is 12.9. The molecule has 0 bridgehead atoms. The van der Waals surface area contributed by atoms with Gasteiger partial charge < -0.3 is 57.9 Å². The molecule has 0 saturated carbocycles. The zero-order valence-electron chi connectivity index (χ0n) is 71.7. The summed E-state index contributed by atoms with van der Waals surface area (Å²) in [6.45, 7) is 5.88. The van der Waals surface area contributed by atoms with Crippen LogP contribution >= 0.6 is 34.8 Å². The highest BCUT2D eigenvalue weighted by Crippen LogP contribution is 2.38. The standard InChI is InChI=1S/C22H21F3N4O6S.C21H20Cl2N4O6S.C21H20F2N4O6S.C19H17ClN4O6S/c1-3-35-21(31)17-8-14(9-26)18(27-20(17)34-2)29-10-15(11-29)19(30)28-36(32,33)12-13-4-6-16(7-5-13)22(23,24)25;1-3-33-21(29)16-6-13(8-24)18(25-20(16)32-2)27-9-14(10-27)19(28)26-34(30,31)11-12-4-5-15(22)7-17(12)23;1-3-33-21(29)15-7-13(8-24)18(25-20(15)32-2)27-9-14(10-27)19(28)26-34(30,31)11-12-4-5-16(22)17(23)6-12;1-30-18-15(19(26)27)6-12(7-21)16(22-18)24-8-13(9-24)17(25)23-31(28,29)10-11-2-4-14(20)5-3-11/h4-8,15H,3,10-12H2,1-2H3,(H,28,30);2*4-7,14H,3,9-11H2,1-2H3,(H,26,28);2-6,13H,8-10H2,1H3,(H,23,25)(H,26,27). The van der Waals surface area contributed by atoms with Crippen molar-refractivity contribution in [3.63, 3.8) is 0 Å². The number of anilines is 4. The van der Waals surface area contributed by atoms with Crippen molar-refractivity contribution in [1.82, 2.24) is 38.8 Å². The maximum atomic E-state index is 13.3. The lowest BCUT2D eigenvalue weighted by atomic mass is 9.98. The monoisotopic (exact) mass is 2010 g/mol. The van der Waals surface area contributed by atoms with Crippen LogP contribution in [0.2, 0.25) is 15.1 Å². The van der Waals surface area contributed by atoms with E-state index in [1.807, 2.05) is 33.7 Å². The minimum absolute atomic E-state index is 0.00594. The number of hydrogen-bond acceptors (Lipinski definition) is 35. The number of amides is 4. The summed E-state index contributed by atoms with van der Waals surface area (Å²) in [6.07, 6.45) is -4.55. The average molecular weight is 2010 g/mol. The number of nitriles is 4. The van der Waals surface area contributed by atoms with Crippen LogP contribution in [-0.4, -0.2) is 207 Å². The van der Waals surface area contributed by atoms with Crippen LogP contribution in [-0.2, 0) is 103 Å². The third-order valence-electron chi connectivity index (χ3n) is 19.7. The summed E-state index contributed by atoms with van der Waals surface area (Å²) in [6, 6.07) is 29.5. The number of ether oxygens (including phenoxy) is 7. The molecule has 0 aliphatic carbocycles. The Morgan fingerprint density at radius 1 is 0.407 bits per heavy atom. The molecule has 12 rings (SSSR count). The predicted molar refractivity (Wildman–Crippen MR) is 468 cm³/mol. The largest absolute Gasteiger partial charge is 0.480 e. The number of nitrogens with zero attached hydrogens (tertiary/aromatic N) is 12. The van der Waals surface area contributed by atoms with Crippen molar-refractivity contribution < 1.29 is 132 Å². The van der Waals surface area contributed by atoms with E-state index in [-0.39, 0.29) is 185 Å². The number of pyridine rings is 4. The van der Waals surface area contributed by atoms with E-state index < -0.39 is 152 Å². The van der Waals surface area contributed by atoms with Crippen molar-refractivity contribution in [3.05, 3.63) is 208 Å². The lowest BCUT2D eigenvalue weighted by Crippen LogP contribution is -2.55. The number of methoxy groups -OCH3 is 4. The van der Waals surface area contributed by atoms with E-state index in [9.17, 15) is 120 Å². The summed E-state index contributed by atoms with van der Waals surface area (Å²) < 4.78 is 206. The number of halogens is 8. The highest BCUT2D eigenvalue weighted by Gasteiger charge is 2.43. The Bertz CT molecular complexity index is 6590. The topological polar surface area (TPSA) is 566 Å². The molecule has 4 aliphatic heterocycles. The molecule has 4 saturated heterocycles. The normalized spacial score (nSPS) is 13.7. The van der Waals surface area contributed by atoms with Gasteiger partial charge in [-0.3, -0.25) is 38.1 Å². The van der Waals surface area contributed by atoms with Gasteiger partial charge in [-0.15, -0.1) is 0 Å². The lowest BCUT2D eigenvalue weighted by Gasteiger charge is -2.39. The third-order valence-corrected chi connectivity index (χ3v) is 25.4. The van der Waals surface area contributed by atoms with Gasteiger partial charge in [0, 0.05) is 67.4 Å². The Labute approximate surface area is 782 Å². The Hall–Kier alpha value is -14.1. The summed E-state index contributed by atoms with van der Waals surface area (Å²) in [5, 5.41) is 48.0. The number of aromatic carboxylic acids is 1. The average Bonchev–Trinajstić information content (AvgIpc) is 0.774. The third kappa shape index (κ3) is 27.3. The maximum Gasteiger partial charge on any atom is 0.416 e. The van der Waals surface area contributed by atoms with Gasteiger partial charge in [0.05, 0.1) is 123 Å². The summed E-state index contributed by atoms with van der Waals surface area (Å²) in [5.74, 6) is -13.3. The summed E-state index contributed by atoms with van der Waals surface area (Å²) >= 11 is 17.6. The van der Waals surface area contributed by atoms with Gasteiger partial charge in [-0.2, -0.15) is 54.2 Å². The second-order valence-corrected chi connectivity index (χ2v) is 37.4. The Kier molecular flexibility index (Phi) is 35.0. The zero-order valence-corrected chi connectivity index (χ0v) is 77.2. The van der Waals surface area contributed by atoms with Gasteiger partial charge in [0.15, 0.2) is 34.9 Å². The molecule has 0 unspecified atom stereocenters. The lowest BCUT2D eigenvalue weighted by molar-refractivity contribution is -0.137. The Morgan fingerprint density at radius 3 is 0.970 bits per heavy atom. The summed E-state index contributed by atoms with van der Waals surface area (Å²) in [7, 11) is -11.1. The molecule has 40 nitrogen and oxygen atoms in total. The molecular weight excluding hydrogens is 1930 g/mol. The first-order valence-electron chi connectivity index (χ1n) is 39.3. The number of rotatable bonds is 31. The molecule has 52 heteroatoms. The van der Waals surface area contributed by atoms with Crippen LogP contribution in [0.5, 0.6) is 23.5 Å². The number of carbonyl (C=O) groups excluding carboxylic acids is 7. The molecule has 135 heavy (non-hydrogen) atoms. The van der Waals surface area contributed by atoms with Crippen molar-refractivity contribution in [3.8, 4) is 47.8 Å². The van der Waals surface area contributed by atoms with Crippen LogP contribution < -0.4 is 57.4 Å². The number of aromatic nitrogens is 4.